The summed E-state index contributed by atoms with van der Waals surface area (Å²) >= 11 is 1.47. The lowest BCUT2D eigenvalue weighted by molar-refractivity contribution is 0.252. The Morgan fingerprint density at radius 3 is 2.22 bits per heavy atom. The second-order valence-electron chi connectivity index (χ2n) is 2.21. The van der Waals surface area contributed by atoms with Crippen molar-refractivity contribution in [1.82, 2.24) is 4.31 Å². The maximum atomic E-state index is 12.8. The standard InChI is InChI=1S/C6H10FNS/c1-4-5(2)9-8(3)6(4)7/h6H,1-3H3. The highest BCUT2D eigenvalue weighted by atomic mass is 32.2. The van der Waals surface area contributed by atoms with Crippen LogP contribution in [0.1, 0.15) is 13.8 Å². The third-order valence-corrected chi connectivity index (χ3v) is 2.58. The third-order valence-electron chi connectivity index (χ3n) is 1.51. The van der Waals surface area contributed by atoms with Gasteiger partial charge in [-0.3, -0.25) is 0 Å². The van der Waals surface area contributed by atoms with Crippen molar-refractivity contribution in [2.24, 2.45) is 0 Å². The Balaban J connectivity index is 2.74. The van der Waals surface area contributed by atoms with Crippen LogP contribution in [0, 0.1) is 0 Å². The topological polar surface area (TPSA) is 3.24 Å². The zero-order valence-corrected chi connectivity index (χ0v) is 6.63. The predicted octanol–water partition coefficient (Wildman–Crippen LogP) is 2.17. The highest BCUT2D eigenvalue weighted by Gasteiger charge is 2.25. The Hall–Kier alpha value is -0.0200. The zero-order chi connectivity index (χ0) is 7.02. The van der Waals surface area contributed by atoms with Crippen molar-refractivity contribution in [3.05, 3.63) is 10.5 Å². The van der Waals surface area contributed by atoms with Crippen LogP contribution in [0.3, 0.4) is 0 Å². The number of nitrogens with zero attached hydrogens (tertiary/aromatic N) is 1. The van der Waals surface area contributed by atoms with Crippen LogP contribution >= 0.6 is 11.9 Å². The van der Waals surface area contributed by atoms with E-state index in [0.29, 0.717) is 0 Å². The van der Waals surface area contributed by atoms with Gasteiger partial charge in [-0.2, -0.15) is 0 Å². The number of hydrogen-bond donors (Lipinski definition) is 0. The van der Waals surface area contributed by atoms with Crippen LogP contribution in [0.15, 0.2) is 10.5 Å². The summed E-state index contributed by atoms with van der Waals surface area (Å²) in [5, 5.41) is 0. The molecule has 0 saturated carbocycles. The van der Waals surface area contributed by atoms with Gasteiger partial charge in [0.2, 0.25) is 0 Å². The molecule has 0 N–H and O–H groups in total. The van der Waals surface area contributed by atoms with Crippen LogP contribution in [-0.4, -0.2) is 17.6 Å². The molecule has 52 valence electrons. The Morgan fingerprint density at radius 1 is 1.56 bits per heavy atom. The molecule has 0 saturated heterocycles. The summed E-state index contributed by atoms with van der Waals surface area (Å²) in [6.07, 6.45) is -0.866. The first-order valence-corrected chi connectivity index (χ1v) is 3.62. The first-order valence-electron chi connectivity index (χ1n) is 2.85. The Bertz CT molecular complexity index is 155. The minimum atomic E-state index is -0.866. The summed E-state index contributed by atoms with van der Waals surface area (Å²) in [7, 11) is 1.76. The second-order valence-corrected chi connectivity index (χ2v) is 3.58. The molecule has 0 aromatic carbocycles. The van der Waals surface area contributed by atoms with Gasteiger partial charge in [-0.05, 0) is 31.4 Å². The van der Waals surface area contributed by atoms with Crippen LogP contribution in [0.5, 0.6) is 0 Å². The largest absolute Gasteiger partial charge is 0.224 e. The van der Waals surface area contributed by atoms with Crippen molar-refractivity contribution in [3.8, 4) is 0 Å². The first kappa shape index (κ1) is 7.09. The van der Waals surface area contributed by atoms with E-state index >= 15 is 0 Å². The molecule has 0 aromatic heterocycles. The molecule has 1 atom stereocenters. The Labute approximate surface area is 59.1 Å². The number of halogens is 1. The van der Waals surface area contributed by atoms with E-state index in [0.717, 1.165) is 10.5 Å². The maximum absolute atomic E-state index is 12.8. The zero-order valence-electron chi connectivity index (χ0n) is 5.81. The van der Waals surface area contributed by atoms with E-state index in [-0.39, 0.29) is 0 Å². The summed E-state index contributed by atoms with van der Waals surface area (Å²) in [4.78, 5) is 1.09. The second kappa shape index (κ2) is 2.31. The maximum Gasteiger partial charge on any atom is 0.185 e. The van der Waals surface area contributed by atoms with Gasteiger partial charge in [0.05, 0.1) is 0 Å². The summed E-state index contributed by atoms with van der Waals surface area (Å²) in [6, 6.07) is 0. The third kappa shape index (κ3) is 1.12. The first-order chi connectivity index (χ1) is 4.13. The SMILES string of the molecule is CC1=C(C)C(F)N(C)S1. The van der Waals surface area contributed by atoms with E-state index in [2.05, 4.69) is 0 Å². The van der Waals surface area contributed by atoms with Crippen LogP contribution in [0.2, 0.25) is 0 Å². The van der Waals surface area contributed by atoms with Gasteiger partial charge in [0.25, 0.3) is 0 Å². The van der Waals surface area contributed by atoms with Crippen LogP contribution in [-0.2, 0) is 0 Å². The van der Waals surface area contributed by atoms with Gasteiger partial charge in [-0.25, -0.2) is 8.70 Å². The van der Waals surface area contributed by atoms with E-state index in [1.165, 1.54) is 11.9 Å². The fourth-order valence-electron chi connectivity index (χ4n) is 0.775. The number of rotatable bonds is 0. The average molecular weight is 147 g/mol. The highest BCUT2D eigenvalue weighted by molar-refractivity contribution is 8.01. The monoisotopic (exact) mass is 147 g/mol. The number of likely N-dealkylation sites (N-methyl/N-ethyl adjacent to an activating group) is 1. The normalized spacial score (nSPS) is 30.0. The van der Waals surface area contributed by atoms with E-state index in [4.69, 9.17) is 0 Å². The van der Waals surface area contributed by atoms with Gasteiger partial charge in [0.15, 0.2) is 6.30 Å². The van der Waals surface area contributed by atoms with Gasteiger partial charge in [0, 0.05) is 12.0 Å². The smallest absolute Gasteiger partial charge is 0.185 e. The molecular weight excluding hydrogens is 137 g/mol. The average Bonchev–Trinajstić information content (AvgIpc) is 1.98. The molecular formula is C6H10FNS. The molecule has 1 aliphatic heterocycles. The molecule has 0 aromatic rings. The molecule has 0 spiro atoms. The van der Waals surface area contributed by atoms with Crippen molar-refractivity contribution in [3.63, 3.8) is 0 Å². The van der Waals surface area contributed by atoms with E-state index in [9.17, 15) is 4.39 Å². The highest BCUT2D eigenvalue weighted by Crippen LogP contribution is 2.35. The van der Waals surface area contributed by atoms with Crippen molar-refractivity contribution >= 4 is 11.9 Å². The summed E-state index contributed by atoms with van der Waals surface area (Å²) < 4.78 is 14.4. The number of hydrogen-bond acceptors (Lipinski definition) is 2. The van der Waals surface area contributed by atoms with Crippen molar-refractivity contribution in [1.29, 1.82) is 0 Å². The molecule has 1 nitrogen and oxygen atoms in total. The molecule has 3 heteroatoms. The van der Waals surface area contributed by atoms with E-state index in [1.54, 1.807) is 11.4 Å². The van der Waals surface area contributed by atoms with Crippen molar-refractivity contribution < 1.29 is 4.39 Å². The fraction of sp³-hybridized carbons (Fsp3) is 0.667. The lowest BCUT2D eigenvalue weighted by atomic mass is 10.3. The summed E-state index contributed by atoms with van der Waals surface area (Å²) in [6.45, 7) is 3.77. The van der Waals surface area contributed by atoms with Gasteiger partial charge in [0.1, 0.15) is 0 Å². The van der Waals surface area contributed by atoms with Crippen LogP contribution < -0.4 is 0 Å². The molecule has 0 amide bonds. The summed E-state index contributed by atoms with van der Waals surface area (Å²) in [5.41, 5.74) is 0.850. The lowest BCUT2D eigenvalue weighted by Gasteiger charge is -2.09. The quantitative estimate of drug-likeness (QED) is 0.381. The molecule has 0 aliphatic carbocycles. The Kier molecular flexibility index (Phi) is 1.82. The van der Waals surface area contributed by atoms with Gasteiger partial charge >= 0.3 is 0 Å². The van der Waals surface area contributed by atoms with Gasteiger partial charge < -0.3 is 0 Å². The number of alkyl halides is 1. The van der Waals surface area contributed by atoms with Gasteiger partial charge in [-0.1, -0.05) is 0 Å². The molecule has 1 rings (SSSR count). The molecule has 0 fully saturated rings. The predicted molar refractivity (Wildman–Crippen MR) is 38.6 cm³/mol. The minimum absolute atomic E-state index is 0.850. The fourth-order valence-corrected chi connectivity index (χ4v) is 1.70. The Morgan fingerprint density at radius 2 is 2.11 bits per heavy atom. The van der Waals surface area contributed by atoms with Crippen LogP contribution in [0.25, 0.3) is 0 Å². The number of allylic oxidation sites excluding steroid dienone is 1. The van der Waals surface area contributed by atoms with E-state index in [1.807, 2.05) is 13.8 Å². The molecule has 1 aliphatic rings. The van der Waals surface area contributed by atoms with Crippen molar-refractivity contribution in [2.45, 2.75) is 20.1 Å². The molecule has 1 unspecified atom stereocenters. The van der Waals surface area contributed by atoms with E-state index < -0.39 is 6.30 Å². The van der Waals surface area contributed by atoms with Crippen LogP contribution in [0.4, 0.5) is 4.39 Å². The summed E-state index contributed by atoms with van der Waals surface area (Å²) in [5.74, 6) is 0. The van der Waals surface area contributed by atoms with Gasteiger partial charge in [-0.15, -0.1) is 0 Å². The molecule has 0 bridgehead atoms. The molecule has 9 heavy (non-hydrogen) atoms. The molecule has 1 heterocycles. The minimum Gasteiger partial charge on any atom is -0.224 e. The van der Waals surface area contributed by atoms with Crippen molar-refractivity contribution in [2.75, 3.05) is 7.05 Å². The molecule has 0 radical (unpaired) electrons. The lowest BCUT2D eigenvalue weighted by Crippen LogP contribution is -2.16.